The lowest BCUT2D eigenvalue weighted by Crippen LogP contribution is -2.49. The highest BCUT2D eigenvalue weighted by molar-refractivity contribution is 6.30. The van der Waals surface area contributed by atoms with Gasteiger partial charge in [-0.05, 0) is 62.7 Å². The molecule has 0 spiro atoms. The van der Waals surface area contributed by atoms with Crippen LogP contribution in [0.2, 0.25) is 5.02 Å². The summed E-state index contributed by atoms with van der Waals surface area (Å²) in [6, 6.07) is 10.9. The number of carbonyl (C=O) groups is 1. The molecule has 1 aliphatic heterocycles. The summed E-state index contributed by atoms with van der Waals surface area (Å²) in [5.74, 6) is 1.55. The normalized spacial score (nSPS) is 14.3. The van der Waals surface area contributed by atoms with Crippen LogP contribution in [0.25, 0.3) is 5.82 Å². The number of nitrogens with zero attached hydrogens (tertiary/aromatic N) is 6. The van der Waals surface area contributed by atoms with E-state index >= 15 is 0 Å². The van der Waals surface area contributed by atoms with Gasteiger partial charge in [-0.15, -0.1) is 10.2 Å². The van der Waals surface area contributed by atoms with Crippen molar-refractivity contribution >= 4 is 23.3 Å². The van der Waals surface area contributed by atoms with Gasteiger partial charge in [0, 0.05) is 42.5 Å². The molecule has 7 nitrogen and oxygen atoms in total. The molecule has 29 heavy (non-hydrogen) atoms. The fourth-order valence-electron chi connectivity index (χ4n) is 3.46. The van der Waals surface area contributed by atoms with Crippen LogP contribution in [0, 0.1) is 20.8 Å². The van der Waals surface area contributed by atoms with E-state index < -0.39 is 0 Å². The van der Waals surface area contributed by atoms with E-state index in [1.807, 2.05) is 35.6 Å². The molecule has 1 aromatic carbocycles. The van der Waals surface area contributed by atoms with Crippen molar-refractivity contribution < 1.29 is 4.79 Å². The van der Waals surface area contributed by atoms with Gasteiger partial charge in [0.15, 0.2) is 11.6 Å². The van der Waals surface area contributed by atoms with Gasteiger partial charge >= 0.3 is 0 Å². The minimum Gasteiger partial charge on any atom is -0.352 e. The van der Waals surface area contributed by atoms with Gasteiger partial charge in [0.2, 0.25) is 0 Å². The minimum absolute atomic E-state index is 0.0302. The van der Waals surface area contributed by atoms with Crippen molar-refractivity contribution in [2.45, 2.75) is 20.8 Å². The van der Waals surface area contributed by atoms with Crippen LogP contribution in [0.1, 0.15) is 27.3 Å². The Balaban J connectivity index is 1.41. The molecule has 0 unspecified atom stereocenters. The Bertz CT molecular complexity index is 1020. The quantitative estimate of drug-likeness (QED) is 0.663. The van der Waals surface area contributed by atoms with Gasteiger partial charge in [-0.25, -0.2) is 4.68 Å². The van der Waals surface area contributed by atoms with E-state index in [-0.39, 0.29) is 5.91 Å². The Morgan fingerprint density at radius 2 is 1.52 bits per heavy atom. The lowest BCUT2D eigenvalue weighted by atomic mass is 10.2. The molecule has 1 aliphatic rings. The van der Waals surface area contributed by atoms with Crippen molar-refractivity contribution in [3.05, 3.63) is 63.9 Å². The van der Waals surface area contributed by atoms with Crippen LogP contribution in [0.15, 0.2) is 36.4 Å². The van der Waals surface area contributed by atoms with Gasteiger partial charge in [0.1, 0.15) is 0 Å². The second-order valence-electron chi connectivity index (χ2n) is 7.24. The molecule has 2 aromatic heterocycles. The van der Waals surface area contributed by atoms with Crippen LogP contribution in [-0.4, -0.2) is 57.0 Å². The summed E-state index contributed by atoms with van der Waals surface area (Å²) in [5.41, 5.74) is 3.89. The summed E-state index contributed by atoms with van der Waals surface area (Å²) in [5, 5.41) is 13.9. The Hall–Kier alpha value is -2.93. The van der Waals surface area contributed by atoms with E-state index in [0.717, 1.165) is 22.8 Å². The number of aryl methyl sites for hydroxylation is 1. The summed E-state index contributed by atoms with van der Waals surface area (Å²) in [6.07, 6.45) is 0. The number of anilines is 1. The Morgan fingerprint density at radius 1 is 0.897 bits per heavy atom. The maximum atomic E-state index is 12.6. The average Bonchev–Trinajstić information content (AvgIpc) is 3.01. The number of carbonyl (C=O) groups excluding carboxylic acids is 1. The van der Waals surface area contributed by atoms with Crippen LogP contribution in [0.4, 0.5) is 5.82 Å². The molecule has 3 aromatic rings. The van der Waals surface area contributed by atoms with Gasteiger partial charge in [0.05, 0.1) is 5.69 Å². The van der Waals surface area contributed by atoms with E-state index in [1.165, 1.54) is 0 Å². The largest absolute Gasteiger partial charge is 0.352 e. The summed E-state index contributed by atoms with van der Waals surface area (Å²) in [7, 11) is 0. The molecule has 0 saturated carbocycles. The molecule has 0 bridgehead atoms. The Kier molecular flexibility index (Phi) is 5.24. The van der Waals surface area contributed by atoms with Gasteiger partial charge in [-0.3, -0.25) is 4.79 Å². The molecule has 8 heteroatoms. The second kappa shape index (κ2) is 7.83. The number of hydrogen-bond acceptors (Lipinski definition) is 5. The van der Waals surface area contributed by atoms with Gasteiger partial charge in [0.25, 0.3) is 5.91 Å². The van der Waals surface area contributed by atoms with Crippen molar-refractivity contribution in [1.82, 2.24) is 24.9 Å². The number of halogens is 1. The zero-order chi connectivity index (χ0) is 20.5. The van der Waals surface area contributed by atoms with Crippen LogP contribution in [0.3, 0.4) is 0 Å². The first kappa shape index (κ1) is 19.4. The summed E-state index contributed by atoms with van der Waals surface area (Å²) in [4.78, 5) is 16.7. The molecule has 1 fully saturated rings. The van der Waals surface area contributed by atoms with E-state index in [1.54, 1.807) is 24.3 Å². The first-order chi connectivity index (χ1) is 13.9. The van der Waals surface area contributed by atoms with Crippen molar-refractivity contribution in [1.29, 1.82) is 0 Å². The summed E-state index contributed by atoms with van der Waals surface area (Å²) in [6.45, 7) is 8.79. The number of amides is 1. The number of benzene rings is 1. The molecule has 0 N–H and O–H groups in total. The van der Waals surface area contributed by atoms with Gasteiger partial charge < -0.3 is 9.80 Å². The number of piperazine rings is 1. The van der Waals surface area contributed by atoms with Crippen molar-refractivity contribution in [2.24, 2.45) is 0 Å². The standard InChI is InChI=1S/C21H23ClN6O/c1-14-15(2)25-28(16(14)3)20-9-8-19(23-24-20)26-10-12-27(13-11-26)21(29)17-4-6-18(22)7-5-17/h4-9H,10-13H2,1-3H3. The fourth-order valence-corrected chi connectivity index (χ4v) is 3.58. The van der Waals surface area contributed by atoms with E-state index in [2.05, 4.69) is 27.1 Å². The van der Waals surface area contributed by atoms with Crippen LogP contribution < -0.4 is 4.90 Å². The minimum atomic E-state index is 0.0302. The van der Waals surface area contributed by atoms with Crippen LogP contribution >= 0.6 is 11.6 Å². The monoisotopic (exact) mass is 410 g/mol. The summed E-state index contributed by atoms with van der Waals surface area (Å²) >= 11 is 5.91. The molecular formula is C21H23ClN6O. The Labute approximate surface area is 174 Å². The predicted octanol–water partition coefficient (Wildman–Crippen LogP) is 3.20. The van der Waals surface area contributed by atoms with Crippen molar-refractivity contribution in [2.75, 3.05) is 31.1 Å². The third-order valence-corrected chi connectivity index (χ3v) is 5.74. The molecule has 1 saturated heterocycles. The molecule has 0 aliphatic carbocycles. The van der Waals surface area contributed by atoms with Crippen LogP contribution in [0.5, 0.6) is 0 Å². The van der Waals surface area contributed by atoms with Gasteiger partial charge in [-0.1, -0.05) is 11.6 Å². The van der Waals surface area contributed by atoms with Gasteiger partial charge in [-0.2, -0.15) is 5.10 Å². The zero-order valence-corrected chi connectivity index (χ0v) is 17.5. The third kappa shape index (κ3) is 3.82. The lowest BCUT2D eigenvalue weighted by Gasteiger charge is -2.35. The van der Waals surface area contributed by atoms with E-state index in [0.29, 0.717) is 42.6 Å². The van der Waals surface area contributed by atoms with E-state index in [4.69, 9.17) is 11.6 Å². The highest BCUT2D eigenvalue weighted by Crippen LogP contribution is 2.19. The van der Waals surface area contributed by atoms with Crippen LogP contribution in [-0.2, 0) is 0 Å². The van der Waals surface area contributed by atoms with Crippen molar-refractivity contribution in [3.8, 4) is 5.82 Å². The average molecular weight is 411 g/mol. The number of aromatic nitrogens is 4. The second-order valence-corrected chi connectivity index (χ2v) is 7.68. The highest BCUT2D eigenvalue weighted by Gasteiger charge is 2.23. The SMILES string of the molecule is Cc1nn(-c2ccc(N3CCN(C(=O)c4ccc(Cl)cc4)CC3)nn2)c(C)c1C. The molecule has 150 valence electrons. The maximum absolute atomic E-state index is 12.6. The molecule has 0 radical (unpaired) electrons. The number of hydrogen-bond donors (Lipinski definition) is 0. The Morgan fingerprint density at radius 3 is 2.07 bits per heavy atom. The fraction of sp³-hybridized carbons (Fsp3) is 0.333. The summed E-state index contributed by atoms with van der Waals surface area (Å²) < 4.78 is 1.82. The third-order valence-electron chi connectivity index (χ3n) is 5.49. The molecule has 4 rings (SSSR count). The van der Waals surface area contributed by atoms with E-state index in [9.17, 15) is 4.79 Å². The number of rotatable bonds is 3. The predicted molar refractivity (Wildman–Crippen MR) is 113 cm³/mol. The highest BCUT2D eigenvalue weighted by atomic mass is 35.5. The van der Waals surface area contributed by atoms with Crippen molar-refractivity contribution in [3.63, 3.8) is 0 Å². The first-order valence-corrected chi connectivity index (χ1v) is 9.98. The molecule has 0 atom stereocenters. The first-order valence-electron chi connectivity index (χ1n) is 9.61. The molecular weight excluding hydrogens is 388 g/mol. The maximum Gasteiger partial charge on any atom is 0.253 e. The molecule has 3 heterocycles. The topological polar surface area (TPSA) is 67.2 Å². The zero-order valence-electron chi connectivity index (χ0n) is 16.8. The smallest absolute Gasteiger partial charge is 0.253 e. The lowest BCUT2D eigenvalue weighted by molar-refractivity contribution is 0.0746. The molecule has 1 amide bonds.